The van der Waals surface area contributed by atoms with E-state index in [0.717, 1.165) is 25.7 Å². The van der Waals surface area contributed by atoms with Gasteiger partial charge < -0.3 is 19.8 Å². The Balaban J connectivity index is 1.93. The Hall–Kier alpha value is -1.36. The molecule has 1 aliphatic carbocycles. The van der Waals surface area contributed by atoms with Crippen molar-refractivity contribution in [2.75, 3.05) is 6.61 Å². The first-order valence-corrected chi connectivity index (χ1v) is 8.15. The van der Waals surface area contributed by atoms with Crippen LogP contribution < -0.4 is 15.4 Å². The molecule has 0 atom stereocenters. The summed E-state index contributed by atoms with van der Waals surface area (Å²) in [4.78, 5) is 30.1. The van der Waals surface area contributed by atoms with Crippen LogP contribution in [0.4, 0.5) is 0 Å². The summed E-state index contributed by atoms with van der Waals surface area (Å²) in [5.74, 6) is -0.222. The smallest absolute Gasteiger partial charge is 0.359 e. The molecule has 6 nitrogen and oxygen atoms in total. The van der Waals surface area contributed by atoms with E-state index in [-0.39, 0.29) is 29.6 Å². The van der Waals surface area contributed by atoms with Crippen LogP contribution in [0.2, 0.25) is 0 Å². The molecule has 0 radical (unpaired) electrons. The summed E-state index contributed by atoms with van der Waals surface area (Å²) >= 11 is 0. The topological polar surface area (TPSA) is 95.9 Å². The maximum atomic E-state index is 11.7. The fraction of sp³-hybridized carbons (Fsp3) is 0.462. The van der Waals surface area contributed by atoms with Crippen LogP contribution in [-0.4, -0.2) is 28.3 Å². The molecular weight excluding hydrogens is 281 g/mol. The van der Waals surface area contributed by atoms with Crippen molar-refractivity contribution in [1.82, 2.24) is 5.32 Å². The van der Waals surface area contributed by atoms with Gasteiger partial charge in [-0.25, -0.2) is 0 Å². The van der Waals surface area contributed by atoms with Crippen LogP contribution in [0, 0.1) is 0 Å². The summed E-state index contributed by atoms with van der Waals surface area (Å²) in [6.45, 7) is -0.243. The zero-order chi connectivity index (χ0) is 14.6. The maximum absolute atomic E-state index is 11.7. The minimum atomic E-state index is -4.40. The number of hydrogen-bond acceptors (Lipinski definition) is 3. The number of benzene rings is 1. The number of para-hydroxylation sites is 1. The van der Waals surface area contributed by atoms with Gasteiger partial charge in [-0.3, -0.25) is 9.36 Å². The number of nitrogens with one attached hydrogen (secondary N) is 1. The molecule has 2 rings (SSSR count). The van der Waals surface area contributed by atoms with E-state index in [4.69, 9.17) is 4.74 Å². The molecule has 7 heteroatoms. The van der Waals surface area contributed by atoms with Gasteiger partial charge in [-0.1, -0.05) is 25.0 Å². The first-order chi connectivity index (χ1) is 9.47. The van der Waals surface area contributed by atoms with E-state index in [1.54, 1.807) is 6.07 Å². The molecule has 1 aromatic carbocycles. The molecule has 0 aromatic heterocycles. The summed E-state index contributed by atoms with van der Waals surface area (Å²) in [5, 5.41) is 2.65. The average Bonchev–Trinajstić information content (AvgIpc) is 2.88. The van der Waals surface area contributed by atoms with Gasteiger partial charge in [0.15, 0.2) is 6.61 Å². The van der Waals surface area contributed by atoms with Crippen LogP contribution in [0.1, 0.15) is 25.7 Å². The van der Waals surface area contributed by atoms with Gasteiger partial charge in [0, 0.05) is 6.04 Å². The van der Waals surface area contributed by atoms with Crippen molar-refractivity contribution >= 4 is 18.8 Å². The summed E-state index contributed by atoms with van der Waals surface area (Å²) in [6, 6.07) is 6.05. The molecule has 1 fully saturated rings. The van der Waals surface area contributed by atoms with Gasteiger partial charge in [-0.2, -0.15) is 0 Å². The highest BCUT2D eigenvalue weighted by Crippen LogP contribution is 2.37. The molecule has 1 aromatic rings. The fourth-order valence-corrected chi connectivity index (χ4v) is 3.01. The molecule has 0 spiro atoms. The van der Waals surface area contributed by atoms with Gasteiger partial charge in [0.1, 0.15) is 11.1 Å². The van der Waals surface area contributed by atoms with Crippen molar-refractivity contribution in [3.63, 3.8) is 0 Å². The minimum absolute atomic E-state index is 0.0439. The van der Waals surface area contributed by atoms with Crippen molar-refractivity contribution in [2.45, 2.75) is 31.7 Å². The standard InChI is InChI=1S/C13H18NO5P/c15-13(14-10-5-1-2-6-10)9-19-11-7-3-4-8-12(11)20(16,17)18/h3-4,7-8,10H,1-2,5-6,9H2,(H,14,15)(H2,16,17,18). The van der Waals surface area contributed by atoms with Crippen molar-refractivity contribution < 1.29 is 23.9 Å². The van der Waals surface area contributed by atoms with Crippen molar-refractivity contribution in [2.24, 2.45) is 0 Å². The van der Waals surface area contributed by atoms with E-state index in [1.807, 2.05) is 0 Å². The minimum Gasteiger partial charge on any atom is -0.483 e. The summed E-state index contributed by atoms with van der Waals surface area (Å²) in [7, 11) is -4.40. The molecule has 0 unspecified atom stereocenters. The molecule has 0 saturated heterocycles. The molecule has 3 N–H and O–H groups in total. The van der Waals surface area contributed by atoms with E-state index in [9.17, 15) is 19.1 Å². The van der Waals surface area contributed by atoms with Gasteiger partial charge in [0.25, 0.3) is 5.91 Å². The molecule has 0 aliphatic heterocycles. The first-order valence-electron chi connectivity index (χ1n) is 6.54. The Morgan fingerprint density at radius 2 is 1.95 bits per heavy atom. The molecule has 0 bridgehead atoms. The van der Waals surface area contributed by atoms with Gasteiger partial charge in [-0.05, 0) is 25.0 Å². The normalized spacial score (nSPS) is 16.1. The third-order valence-electron chi connectivity index (χ3n) is 3.26. The number of hydrogen-bond donors (Lipinski definition) is 3. The van der Waals surface area contributed by atoms with E-state index in [2.05, 4.69) is 5.32 Å². The maximum Gasteiger partial charge on any atom is 0.359 e. The number of carbonyl (C=O) groups is 1. The van der Waals surface area contributed by atoms with Crippen LogP contribution in [0.25, 0.3) is 0 Å². The highest BCUT2D eigenvalue weighted by Gasteiger charge is 2.23. The largest absolute Gasteiger partial charge is 0.483 e. The predicted molar refractivity (Wildman–Crippen MR) is 74.0 cm³/mol. The third-order valence-corrected chi connectivity index (χ3v) is 4.26. The van der Waals surface area contributed by atoms with Crippen molar-refractivity contribution in [3.05, 3.63) is 24.3 Å². The molecule has 1 aliphatic rings. The molecule has 110 valence electrons. The second-order valence-electron chi connectivity index (χ2n) is 4.85. The predicted octanol–water partition coefficient (Wildman–Crippen LogP) is 0.927. The molecule has 1 amide bonds. The van der Waals surface area contributed by atoms with Crippen LogP contribution in [0.3, 0.4) is 0 Å². The van der Waals surface area contributed by atoms with Crippen LogP contribution in [0.5, 0.6) is 5.75 Å². The van der Waals surface area contributed by atoms with Gasteiger partial charge >= 0.3 is 7.60 Å². The van der Waals surface area contributed by atoms with Crippen molar-refractivity contribution in [1.29, 1.82) is 0 Å². The Bertz CT molecular complexity index is 521. The van der Waals surface area contributed by atoms with Crippen LogP contribution in [-0.2, 0) is 9.36 Å². The molecule has 1 saturated carbocycles. The lowest BCUT2D eigenvalue weighted by Gasteiger charge is -2.14. The number of carbonyl (C=O) groups excluding carboxylic acids is 1. The average molecular weight is 299 g/mol. The summed E-state index contributed by atoms with van der Waals surface area (Å²) in [6.07, 6.45) is 4.19. The highest BCUT2D eigenvalue weighted by atomic mass is 31.2. The molecule has 0 heterocycles. The lowest BCUT2D eigenvalue weighted by Crippen LogP contribution is -2.36. The molecular formula is C13H18NO5P. The number of amides is 1. The van der Waals surface area contributed by atoms with Gasteiger partial charge in [0.05, 0.1) is 0 Å². The van der Waals surface area contributed by atoms with E-state index < -0.39 is 7.60 Å². The Labute approximate surface area is 117 Å². The van der Waals surface area contributed by atoms with Crippen LogP contribution in [0.15, 0.2) is 24.3 Å². The third kappa shape index (κ3) is 4.07. The molecule has 20 heavy (non-hydrogen) atoms. The number of rotatable bonds is 5. The Morgan fingerprint density at radius 1 is 1.30 bits per heavy atom. The lowest BCUT2D eigenvalue weighted by atomic mass is 10.2. The van der Waals surface area contributed by atoms with E-state index in [1.165, 1.54) is 18.2 Å². The Kier molecular flexibility index (Phi) is 4.81. The summed E-state index contributed by atoms with van der Waals surface area (Å²) < 4.78 is 16.5. The fourth-order valence-electron chi connectivity index (χ4n) is 2.30. The first kappa shape index (κ1) is 15.0. The zero-order valence-electron chi connectivity index (χ0n) is 11.0. The van der Waals surface area contributed by atoms with Crippen LogP contribution >= 0.6 is 7.60 Å². The monoisotopic (exact) mass is 299 g/mol. The zero-order valence-corrected chi connectivity index (χ0v) is 11.9. The second kappa shape index (κ2) is 6.39. The Morgan fingerprint density at radius 3 is 2.60 bits per heavy atom. The second-order valence-corrected chi connectivity index (χ2v) is 6.42. The van der Waals surface area contributed by atoms with Crippen molar-refractivity contribution in [3.8, 4) is 5.75 Å². The SMILES string of the molecule is O=C(COc1ccccc1P(=O)(O)O)NC1CCCC1. The van der Waals surface area contributed by atoms with Gasteiger partial charge in [-0.15, -0.1) is 0 Å². The van der Waals surface area contributed by atoms with Gasteiger partial charge in [0.2, 0.25) is 0 Å². The lowest BCUT2D eigenvalue weighted by molar-refractivity contribution is -0.123. The van der Waals surface area contributed by atoms with E-state index in [0.29, 0.717) is 0 Å². The number of ether oxygens (including phenoxy) is 1. The summed E-state index contributed by atoms with van der Waals surface area (Å²) in [5.41, 5.74) is 0. The highest BCUT2D eigenvalue weighted by molar-refractivity contribution is 7.60. The quantitative estimate of drug-likeness (QED) is 0.703. The van der Waals surface area contributed by atoms with E-state index >= 15 is 0 Å².